The van der Waals surface area contributed by atoms with Gasteiger partial charge in [-0.3, -0.25) is 0 Å². The van der Waals surface area contributed by atoms with Gasteiger partial charge >= 0.3 is 0 Å². The van der Waals surface area contributed by atoms with Gasteiger partial charge in [0.05, 0.1) is 6.54 Å². The van der Waals surface area contributed by atoms with Crippen molar-refractivity contribution < 1.29 is 0 Å². The van der Waals surface area contributed by atoms with Crippen molar-refractivity contribution in [1.82, 2.24) is 0 Å². The number of benzene rings is 2. The van der Waals surface area contributed by atoms with Gasteiger partial charge in [0.2, 0.25) is 0 Å². The van der Waals surface area contributed by atoms with Crippen molar-refractivity contribution in [3.05, 3.63) is 64.7 Å². The second kappa shape index (κ2) is 8.97. The van der Waals surface area contributed by atoms with E-state index in [0.717, 1.165) is 23.7 Å². The largest absolute Gasteiger partial charge is 0.361 e. The van der Waals surface area contributed by atoms with E-state index in [1.54, 1.807) is 0 Å². The molecule has 0 aliphatic heterocycles. The third kappa shape index (κ3) is 4.80. The Labute approximate surface area is 157 Å². The highest BCUT2D eigenvalue weighted by molar-refractivity contribution is 6.31. The van der Waals surface area contributed by atoms with E-state index < -0.39 is 0 Å². The average molecular weight is 352 g/mol. The van der Waals surface area contributed by atoms with Crippen LogP contribution >= 0.6 is 11.6 Å². The van der Waals surface area contributed by atoms with Gasteiger partial charge in [0.25, 0.3) is 0 Å². The first-order valence-corrected chi connectivity index (χ1v) is 9.74. The van der Waals surface area contributed by atoms with Gasteiger partial charge in [-0.25, -0.2) is 0 Å². The SMILES string of the molecule is CCN(CC#Cc1ccc(C2CCCCC2)c(Cl)c1)c1ccccc1. The maximum Gasteiger partial charge on any atom is 0.0797 e. The second-order valence-corrected chi connectivity index (χ2v) is 7.13. The normalized spacial score (nSPS) is 14.6. The lowest BCUT2D eigenvalue weighted by molar-refractivity contribution is 0.444. The molecule has 0 spiro atoms. The summed E-state index contributed by atoms with van der Waals surface area (Å²) in [6.07, 6.45) is 6.57. The zero-order chi connectivity index (χ0) is 17.5. The molecule has 0 unspecified atom stereocenters. The first kappa shape index (κ1) is 17.9. The summed E-state index contributed by atoms with van der Waals surface area (Å²) in [6.45, 7) is 3.83. The topological polar surface area (TPSA) is 3.24 Å². The summed E-state index contributed by atoms with van der Waals surface area (Å²) >= 11 is 6.55. The number of para-hydroxylation sites is 1. The molecular weight excluding hydrogens is 326 g/mol. The van der Waals surface area contributed by atoms with E-state index in [-0.39, 0.29) is 0 Å². The number of rotatable bonds is 4. The maximum atomic E-state index is 6.55. The Morgan fingerprint density at radius 3 is 2.48 bits per heavy atom. The molecule has 0 heterocycles. The van der Waals surface area contributed by atoms with Gasteiger partial charge in [0.15, 0.2) is 0 Å². The Hall–Kier alpha value is -1.91. The molecule has 0 radical (unpaired) electrons. The zero-order valence-electron chi connectivity index (χ0n) is 15.0. The molecule has 2 aromatic carbocycles. The smallest absolute Gasteiger partial charge is 0.0797 e. The molecule has 0 bridgehead atoms. The fourth-order valence-electron chi connectivity index (χ4n) is 3.61. The lowest BCUT2D eigenvalue weighted by Crippen LogP contribution is -2.22. The van der Waals surface area contributed by atoms with Crippen LogP contribution < -0.4 is 4.90 Å². The molecule has 1 aliphatic rings. The van der Waals surface area contributed by atoms with E-state index >= 15 is 0 Å². The first-order chi connectivity index (χ1) is 12.3. The summed E-state index contributed by atoms with van der Waals surface area (Å²) in [5.41, 5.74) is 3.53. The standard InChI is InChI=1S/C23H26ClN/c1-2-25(21-13-7-4-8-14-21)17-9-10-19-15-16-22(23(24)18-19)20-11-5-3-6-12-20/h4,7-8,13-16,18,20H,2-3,5-6,11-12,17H2,1H3. The molecule has 1 nitrogen and oxygen atoms in total. The van der Waals surface area contributed by atoms with Crippen molar-refractivity contribution in [3.63, 3.8) is 0 Å². The highest BCUT2D eigenvalue weighted by atomic mass is 35.5. The summed E-state index contributed by atoms with van der Waals surface area (Å²) in [4.78, 5) is 2.27. The van der Waals surface area contributed by atoms with Gasteiger partial charge in [-0.15, -0.1) is 0 Å². The molecule has 2 aromatic rings. The number of hydrogen-bond donors (Lipinski definition) is 0. The maximum absolute atomic E-state index is 6.55. The molecule has 0 aromatic heterocycles. The van der Waals surface area contributed by atoms with Crippen LogP contribution in [0.5, 0.6) is 0 Å². The Bertz CT molecular complexity index is 736. The second-order valence-electron chi connectivity index (χ2n) is 6.72. The summed E-state index contributed by atoms with van der Waals surface area (Å²) < 4.78 is 0. The number of nitrogens with zero attached hydrogens (tertiary/aromatic N) is 1. The molecule has 1 aliphatic carbocycles. The fraction of sp³-hybridized carbons (Fsp3) is 0.391. The zero-order valence-corrected chi connectivity index (χ0v) is 15.7. The van der Waals surface area contributed by atoms with Crippen LogP contribution in [0, 0.1) is 11.8 Å². The summed E-state index contributed by atoms with van der Waals surface area (Å²) in [6, 6.07) is 16.8. The Morgan fingerprint density at radius 1 is 1.04 bits per heavy atom. The minimum Gasteiger partial charge on any atom is -0.361 e. The monoisotopic (exact) mass is 351 g/mol. The van der Waals surface area contributed by atoms with Crippen LogP contribution in [0.25, 0.3) is 0 Å². The first-order valence-electron chi connectivity index (χ1n) is 9.36. The molecule has 0 saturated heterocycles. The van der Waals surface area contributed by atoms with Gasteiger partial charge < -0.3 is 4.90 Å². The van der Waals surface area contributed by atoms with Crippen LogP contribution in [-0.4, -0.2) is 13.1 Å². The average Bonchev–Trinajstić information content (AvgIpc) is 2.67. The van der Waals surface area contributed by atoms with Crippen molar-refractivity contribution in [1.29, 1.82) is 0 Å². The third-order valence-electron chi connectivity index (χ3n) is 5.05. The molecule has 1 fully saturated rings. The van der Waals surface area contributed by atoms with Gasteiger partial charge in [-0.05, 0) is 55.5 Å². The molecule has 0 amide bonds. The molecular formula is C23H26ClN. The number of halogens is 1. The van der Waals surface area contributed by atoms with Gasteiger partial charge in [0, 0.05) is 22.8 Å². The Balaban J connectivity index is 1.67. The van der Waals surface area contributed by atoms with E-state index in [1.807, 2.05) is 12.1 Å². The fourth-order valence-corrected chi connectivity index (χ4v) is 3.95. The van der Waals surface area contributed by atoms with E-state index in [9.17, 15) is 0 Å². The number of anilines is 1. The Morgan fingerprint density at radius 2 is 1.80 bits per heavy atom. The third-order valence-corrected chi connectivity index (χ3v) is 5.38. The molecule has 0 N–H and O–H groups in total. The van der Waals surface area contributed by atoms with Crippen molar-refractivity contribution in [2.24, 2.45) is 0 Å². The highest BCUT2D eigenvalue weighted by Crippen LogP contribution is 2.36. The highest BCUT2D eigenvalue weighted by Gasteiger charge is 2.17. The lowest BCUT2D eigenvalue weighted by atomic mass is 9.84. The molecule has 2 heteroatoms. The van der Waals surface area contributed by atoms with E-state index in [4.69, 9.17) is 11.6 Å². The summed E-state index contributed by atoms with van der Waals surface area (Å²) in [5, 5.41) is 0.883. The quantitative estimate of drug-likeness (QED) is 0.587. The lowest BCUT2D eigenvalue weighted by Gasteiger charge is -2.23. The van der Waals surface area contributed by atoms with Gasteiger partial charge in [-0.1, -0.05) is 67.0 Å². The summed E-state index contributed by atoms with van der Waals surface area (Å²) in [5.74, 6) is 7.20. The van der Waals surface area contributed by atoms with E-state index in [2.05, 4.69) is 60.1 Å². The van der Waals surface area contributed by atoms with Gasteiger partial charge in [-0.2, -0.15) is 0 Å². The van der Waals surface area contributed by atoms with Crippen LogP contribution in [0.2, 0.25) is 5.02 Å². The van der Waals surface area contributed by atoms with Crippen molar-refractivity contribution in [3.8, 4) is 11.8 Å². The van der Waals surface area contributed by atoms with Crippen molar-refractivity contribution in [2.75, 3.05) is 18.0 Å². The minimum absolute atomic E-state index is 0.636. The minimum atomic E-state index is 0.636. The molecule has 1 saturated carbocycles. The van der Waals surface area contributed by atoms with Crippen LogP contribution in [0.3, 0.4) is 0 Å². The Kier molecular flexibility index (Phi) is 6.42. The molecule has 0 atom stereocenters. The predicted molar refractivity (Wildman–Crippen MR) is 108 cm³/mol. The van der Waals surface area contributed by atoms with Crippen LogP contribution in [0.1, 0.15) is 56.1 Å². The van der Waals surface area contributed by atoms with Crippen LogP contribution in [-0.2, 0) is 0 Å². The van der Waals surface area contributed by atoms with Crippen LogP contribution in [0.4, 0.5) is 5.69 Å². The van der Waals surface area contributed by atoms with E-state index in [0.29, 0.717) is 5.92 Å². The van der Waals surface area contributed by atoms with Gasteiger partial charge in [0.1, 0.15) is 0 Å². The van der Waals surface area contributed by atoms with Crippen molar-refractivity contribution in [2.45, 2.75) is 44.9 Å². The summed E-state index contributed by atoms with van der Waals surface area (Å²) in [7, 11) is 0. The molecule has 3 rings (SSSR count). The van der Waals surface area contributed by atoms with Crippen LogP contribution in [0.15, 0.2) is 48.5 Å². The predicted octanol–water partition coefficient (Wildman–Crippen LogP) is 6.27. The van der Waals surface area contributed by atoms with Crippen molar-refractivity contribution >= 4 is 17.3 Å². The molecule has 25 heavy (non-hydrogen) atoms. The number of hydrogen-bond acceptors (Lipinski definition) is 1. The van der Waals surface area contributed by atoms with E-state index in [1.165, 1.54) is 43.4 Å². The molecule has 130 valence electrons.